The van der Waals surface area contributed by atoms with Crippen LogP contribution in [-0.4, -0.2) is 31.8 Å². The summed E-state index contributed by atoms with van der Waals surface area (Å²) in [6, 6.07) is 8.52. The molecular formula is C20H24N2O3S2. The van der Waals surface area contributed by atoms with Crippen molar-refractivity contribution in [3.05, 3.63) is 51.7 Å². The predicted octanol–water partition coefficient (Wildman–Crippen LogP) is 3.73. The molecule has 0 radical (unpaired) electrons. The fraction of sp³-hybridized carbons (Fsp3) is 0.450. The van der Waals surface area contributed by atoms with Gasteiger partial charge >= 0.3 is 0 Å². The molecule has 1 aromatic carbocycles. The Balaban J connectivity index is 1.56. The standard InChI is InChI=1S/C20H24N2O3S2/c1-14-18-10-12-26-19(18)9-11-22(14)20(23)15-5-4-8-17(13-15)27(24,25)21-16-6-2-3-7-16/h4-5,8,10,12-14,16,21H,2-3,6-7,9,11H2,1H3. The average Bonchev–Trinajstić information content (AvgIpc) is 3.33. The molecule has 2 aromatic rings. The second-order valence-corrected chi connectivity index (χ2v) is 10.1. The lowest BCUT2D eigenvalue weighted by molar-refractivity contribution is 0.0679. The van der Waals surface area contributed by atoms with Gasteiger partial charge in [0.05, 0.1) is 10.9 Å². The van der Waals surface area contributed by atoms with Crippen LogP contribution in [0, 0.1) is 0 Å². The summed E-state index contributed by atoms with van der Waals surface area (Å²) in [5, 5.41) is 2.07. The van der Waals surface area contributed by atoms with Crippen LogP contribution in [0.5, 0.6) is 0 Å². The molecule has 1 atom stereocenters. The van der Waals surface area contributed by atoms with Gasteiger partial charge in [-0.3, -0.25) is 4.79 Å². The molecule has 7 heteroatoms. The molecule has 27 heavy (non-hydrogen) atoms. The van der Waals surface area contributed by atoms with Crippen LogP contribution in [0.2, 0.25) is 0 Å². The zero-order valence-electron chi connectivity index (χ0n) is 15.3. The Kier molecular flexibility index (Phi) is 5.09. The Morgan fingerprint density at radius 2 is 2.00 bits per heavy atom. The summed E-state index contributed by atoms with van der Waals surface area (Å²) in [5.41, 5.74) is 1.63. The molecule has 5 nitrogen and oxygen atoms in total. The van der Waals surface area contributed by atoms with Gasteiger partial charge in [-0.05, 0) is 61.4 Å². The van der Waals surface area contributed by atoms with Crippen molar-refractivity contribution >= 4 is 27.3 Å². The van der Waals surface area contributed by atoms with Gasteiger partial charge in [-0.15, -0.1) is 11.3 Å². The van der Waals surface area contributed by atoms with Crippen LogP contribution in [0.25, 0.3) is 0 Å². The summed E-state index contributed by atoms with van der Waals surface area (Å²) >= 11 is 1.73. The molecule has 1 aliphatic heterocycles. The highest BCUT2D eigenvalue weighted by molar-refractivity contribution is 7.89. The van der Waals surface area contributed by atoms with E-state index in [1.807, 2.05) is 11.8 Å². The lowest BCUT2D eigenvalue weighted by Crippen LogP contribution is -2.38. The van der Waals surface area contributed by atoms with Crippen LogP contribution in [0.1, 0.15) is 59.4 Å². The lowest BCUT2D eigenvalue weighted by atomic mass is 10.0. The summed E-state index contributed by atoms with van der Waals surface area (Å²) in [4.78, 5) is 16.4. The van der Waals surface area contributed by atoms with Crippen molar-refractivity contribution in [3.63, 3.8) is 0 Å². The van der Waals surface area contributed by atoms with Crippen molar-refractivity contribution in [2.24, 2.45) is 0 Å². The van der Waals surface area contributed by atoms with E-state index in [1.54, 1.807) is 29.5 Å². The molecule has 1 aliphatic carbocycles. The number of carbonyl (C=O) groups is 1. The van der Waals surface area contributed by atoms with E-state index in [0.717, 1.165) is 32.1 Å². The Morgan fingerprint density at radius 3 is 2.78 bits per heavy atom. The normalized spacial score (nSPS) is 20.6. The second kappa shape index (κ2) is 7.37. The largest absolute Gasteiger partial charge is 0.331 e. The average molecular weight is 405 g/mol. The van der Waals surface area contributed by atoms with Crippen molar-refractivity contribution in [3.8, 4) is 0 Å². The Morgan fingerprint density at radius 1 is 1.22 bits per heavy atom. The topological polar surface area (TPSA) is 66.5 Å². The minimum Gasteiger partial charge on any atom is -0.331 e. The van der Waals surface area contributed by atoms with Crippen LogP contribution in [0.15, 0.2) is 40.6 Å². The van der Waals surface area contributed by atoms with Gasteiger partial charge in [-0.1, -0.05) is 18.9 Å². The molecule has 1 unspecified atom stereocenters. The maximum absolute atomic E-state index is 13.1. The van der Waals surface area contributed by atoms with Gasteiger partial charge in [0.1, 0.15) is 0 Å². The first-order valence-corrected chi connectivity index (χ1v) is 11.8. The predicted molar refractivity (Wildman–Crippen MR) is 106 cm³/mol. The lowest BCUT2D eigenvalue weighted by Gasteiger charge is -2.33. The maximum atomic E-state index is 13.1. The first kappa shape index (κ1) is 18.7. The van der Waals surface area contributed by atoms with Gasteiger partial charge in [-0.25, -0.2) is 13.1 Å². The third-order valence-corrected chi connectivity index (χ3v) is 8.12. The molecule has 144 valence electrons. The van der Waals surface area contributed by atoms with Gasteiger partial charge in [0.2, 0.25) is 10.0 Å². The molecule has 0 spiro atoms. The number of nitrogens with zero attached hydrogens (tertiary/aromatic N) is 1. The molecular weight excluding hydrogens is 380 g/mol. The Hall–Kier alpha value is -1.70. The summed E-state index contributed by atoms with van der Waals surface area (Å²) < 4.78 is 28.2. The molecule has 0 saturated heterocycles. The van der Waals surface area contributed by atoms with E-state index in [9.17, 15) is 13.2 Å². The molecule has 1 fully saturated rings. The van der Waals surface area contributed by atoms with Crippen LogP contribution in [0.3, 0.4) is 0 Å². The van der Waals surface area contributed by atoms with E-state index in [2.05, 4.69) is 16.2 Å². The van der Waals surface area contributed by atoms with Crippen LogP contribution in [0.4, 0.5) is 0 Å². The van der Waals surface area contributed by atoms with Gasteiger partial charge in [-0.2, -0.15) is 0 Å². The molecule has 1 saturated carbocycles. The fourth-order valence-electron chi connectivity index (χ4n) is 4.08. The number of hydrogen-bond donors (Lipinski definition) is 1. The number of sulfonamides is 1. The van der Waals surface area contributed by atoms with Crippen molar-refractivity contribution in [1.82, 2.24) is 9.62 Å². The number of rotatable bonds is 4. The van der Waals surface area contributed by atoms with E-state index in [0.29, 0.717) is 12.1 Å². The van der Waals surface area contributed by atoms with Crippen molar-refractivity contribution in [1.29, 1.82) is 0 Å². The zero-order chi connectivity index (χ0) is 19.0. The molecule has 4 rings (SSSR count). The summed E-state index contributed by atoms with van der Waals surface area (Å²) in [7, 11) is -3.60. The monoisotopic (exact) mass is 404 g/mol. The highest BCUT2D eigenvalue weighted by Gasteiger charge is 2.30. The number of thiophene rings is 1. The molecule has 1 N–H and O–H groups in total. The maximum Gasteiger partial charge on any atom is 0.254 e. The van der Waals surface area contributed by atoms with E-state index in [4.69, 9.17) is 0 Å². The Labute approximate surface area is 164 Å². The molecule has 1 amide bonds. The number of carbonyl (C=O) groups excluding carboxylic acids is 1. The number of amides is 1. The number of benzene rings is 1. The third-order valence-electron chi connectivity index (χ3n) is 5.61. The van der Waals surface area contributed by atoms with Crippen LogP contribution in [-0.2, 0) is 16.4 Å². The van der Waals surface area contributed by atoms with Crippen LogP contribution >= 0.6 is 11.3 Å². The van der Waals surface area contributed by atoms with Gasteiger partial charge in [0.25, 0.3) is 5.91 Å². The molecule has 1 aromatic heterocycles. The van der Waals surface area contributed by atoms with Gasteiger partial charge in [0, 0.05) is 23.0 Å². The van der Waals surface area contributed by atoms with Crippen LogP contribution < -0.4 is 4.72 Å². The molecule has 2 aliphatic rings. The second-order valence-electron chi connectivity index (χ2n) is 7.35. The van der Waals surface area contributed by atoms with Crippen molar-refractivity contribution < 1.29 is 13.2 Å². The Bertz CT molecular complexity index is 946. The minimum atomic E-state index is -3.60. The van der Waals surface area contributed by atoms with Gasteiger partial charge in [0.15, 0.2) is 0 Å². The fourth-order valence-corrected chi connectivity index (χ4v) is 6.39. The summed E-state index contributed by atoms with van der Waals surface area (Å²) in [6.45, 7) is 2.69. The number of hydrogen-bond acceptors (Lipinski definition) is 4. The zero-order valence-corrected chi connectivity index (χ0v) is 17.0. The smallest absolute Gasteiger partial charge is 0.254 e. The van der Waals surface area contributed by atoms with E-state index in [-0.39, 0.29) is 22.9 Å². The summed E-state index contributed by atoms with van der Waals surface area (Å²) in [5.74, 6) is -0.114. The highest BCUT2D eigenvalue weighted by Crippen LogP contribution is 2.33. The number of fused-ring (bicyclic) bond motifs is 1. The first-order valence-electron chi connectivity index (χ1n) is 9.45. The van der Waals surface area contributed by atoms with E-state index < -0.39 is 10.0 Å². The third kappa shape index (κ3) is 3.68. The summed E-state index contributed by atoms with van der Waals surface area (Å²) in [6.07, 6.45) is 4.73. The SMILES string of the molecule is CC1c2ccsc2CCN1C(=O)c1cccc(S(=O)(=O)NC2CCCC2)c1. The first-order chi connectivity index (χ1) is 13.0. The number of nitrogens with one attached hydrogen (secondary N) is 1. The minimum absolute atomic E-state index is 0.00405. The molecule has 0 bridgehead atoms. The quantitative estimate of drug-likeness (QED) is 0.844. The van der Waals surface area contributed by atoms with Gasteiger partial charge < -0.3 is 4.90 Å². The highest BCUT2D eigenvalue weighted by atomic mass is 32.2. The van der Waals surface area contributed by atoms with Crippen molar-refractivity contribution in [2.75, 3.05) is 6.54 Å². The van der Waals surface area contributed by atoms with E-state index >= 15 is 0 Å². The van der Waals surface area contributed by atoms with Crippen molar-refractivity contribution in [2.45, 2.75) is 56.0 Å². The van der Waals surface area contributed by atoms with E-state index in [1.165, 1.54) is 16.5 Å². The molecule has 2 heterocycles.